The molecule has 1 aliphatic rings. The van der Waals surface area contributed by atoms with Gasteiger partial charge in [-0.25, -0.2) is 4.98 Å². The quantitative estimate of drug-likeness (QED) is 0.883. The van der Waals surface area contributed by atoms with Crippen LogP contribution in [0.5, 0.6) is 0 Å². The molecule has 1 aliphatic heterocycles. The number of nitriles is 1. The highest BCUT2D eigenvalue weighted by Gasteiger charge is 2.31. The Hall–Kier alpha value is -2.39. The van der Waals surface area contributed by atoms with Crippen molar-refractivity contribution in [2.24, 2.45) is 5.92 Å². The minimum absolute atomic E-state index is 0.00350. The van der Waals surface area contributed by atoms with Crippen molar-refractivity contribution in [3.8, 4) is 16.6 Å². The Morgan fingerprint density at radius 2 is 2.18 bits per heavy atom. The summed E-state index contributed by atoms with van der Waals surface area (Å²) in [6.07, 6.45) is 3.86. The highest BCUT2D eigenvalue weighted by Crippen LogP contribution is 2.26. The largest absolute Gasteiger partial charge is 0.345 e. The Labute approximate surface area is 133 Å². The predicted octanol–water partition coefficient (Wildman–Crippen LogP) is 2.34. The molecule has 1 fully saturated rings. The fourth-order valence-corrected chi connectivity index (χ4v) is 3.41. The number of benzene rings is 1. The molecule has 0 saturated carbocycles. The Morgan fingerprint density at radius 1 is 1.41 bits per heavy atom. The zero-order valence-corrected chi connectivity index (χ0v) is 13.0. The van der Waals surface area contributed by atoms with Crippen molar-refractivity contribution in [3.05, 3.63) is 41.5 Å². The van der Waals surface area contributed by atoms with Crippen LogP contribution in [0, 0.1) is 17.4 Å². The molecule has 0 bridgehead atoms. The third-order valence-corrected chi connectivity index (χ3v) is 4.87. The zero-order valence-electron chi connectivity index (χ0n) is 12.2. The second-order valence-corrected chi connectivity index (χ2v) is 6.49. The summed E-state index contributed by atoms with van der Waals surface area (Å²) in [4.78, 5) is 19.2. The van der Waals surface area contributed by atoms with E-state index in [1.807, 2.05) is 37.3 Å². The third kappa shape index (κ3) is 2.95. The summed E-state index contributed by atoms with van der Waals surface area (Å²) >= 11 is 1.38. The van der Waals surface area contributed by atoms with Crippen LogP contribution in [0.1, 0.15) is 16.7 Å². The molecule has 2 atom stereocenters. The Balaban J connectivity index is 1.69. The highest BCUT2D eigenvalue weighted by molar-refractivity contribution is 7.16. The van der Waals surface area contributed by atoms with E-state index in [0.29, 0.717) is 18.1 Å². The molecule has 1 aromatic heterocycles. The molecule has 3 rings (SSSR count). The number of carbonyl (C=O) groups excluding carboxylic acids is 1. The van der Waals surface area contributed by atoms with Crippen molar-refractivity contribution < 1.29 is 4.79 Å². The summed E-state index contributed by atoms with van der Waals surface area (Å²) in [5.41, 5.74) is 1.06. The number of hydrogen-bond acceptors (Lipinski definition) is 5. The van der Waals surface area contributed by atoms with Gasteiger partial charge in [0.15, 0.2) is 11.2 Å². The van der Waals surface area contributed by atoms with Crippen LogP contribution in [0.3, 0.4) is 0 Å². The number of nitrogens with zero attached hydrogens (tertiary/aromatic N) is 3. The Morgan fingerprint density at radius 3 is 2.86 bits per heavy atom. The van der Waals surface area contributed by atoms with Gasteiger partial charge in [0.2, 0.25) is 0 Å². The molecule has 0 radical (unpaired) electrons. The van der Waals surface area contributed by atoms with Gasteiger partial charge in [0.1, 0.15) is 0 Å². The lowest BCUT2D eigenvalue weighted by Gasteiger charge is -2.14. The second kappa shape index (κ2) is 6.16. The van der Waals surface area contributed by atoms with Gasteiger partial charge in [-0.05, 0) is 11.5 Å². The first kappa shape index (κ1) is 14.5. The standard InChI is InChI=1S/C16H16N4OS/c1-11-8-20(10-17)9-13(11)19-15(21)16-18-7-14(22-16)12-5-3-2-4-6-12/h2-7,11,13H,8-9H2,1H3,(H,19,21)/t11-,13-/m0/s1. The first-order valence-electron chi connectivity index (χ1n) is 7.14. The van der Waals surface area contributed by atoms with Gasteiger partial charge >= 0.3 is 0 Å². The summed E-state index contributed by atoms with van der Waals surface area (Å²) in [5, 5.41) is 12.4. The summed E-state index contributed by atoms with van der Waals surface area (Å²) < 4.78 is 0. The van der Waals surface area contributed by atoms with E-state index in [4.69, 9.17) is 5.26 Å². The highest BCUT2D eigenvalue weighted by atomic mass is 32.1. The molecule has 2 aromatic rings. The topological polar surface area (TPSA) is 69.0 Å². The minimum Gasteiger partial charge on any atom is -0.345 e. The van der Waals surface area contributed by atoms with E-state index in [-0.39, 0.29) is 17.9 Å². The van der Waals surface area contributed by atoms with Crippen molar-refractivity contribution in [2.75, 3.05) is 13.1 Å². The van der Waals surface area contributed by atoms with Crippen LogP contribution in [0.2, 0.25) is 0 Å². The number of likely N-dealkylation sites (tertiary alicyclic amines) is 1. The first-order chi connectivity index (χ1) is 10.7. The van der Waals surface area contributed by atoms with Crippen LogP contribution in [-0.2, 0) is 0 Å². The molecule has 2 heterocycles. The lowest BCUT2D eigenvalue weighted by molar-refractivity contribution is 0.0931. The minimum atomic E-state index is -0.163. The molecule has 5 nitrogen and oxygen atoms in total. The molecule has 6 heteroatoms. The van der Waals surface area contributed by atoms with Gasteiger partial charge in [0, 0.05) is 19.3 Å². The van der Waals surface area contributed by atoms with Crippen LogP contribution in [0.25, 0.3) is 10.4 Å². The fourth-order valence-electron chi connectivity index (χ4n) is 2.58. The smallest absolute Gasteiger partial charge is 0.280 e. The number of thiazole rings is 1. The van der Waals surface area contributed by atoms with Crippen molar-refractivity contribution in [1.82, 2.24) is 15.2 Å². The molecular formula is C16H16N4OS. The maximum atomic E-state index is 12.3. The van der Waals surface area contributed by atoms with Crippen LogP contribution >= 0.6 is 11.3 Å². The maximum absolute atomic E-state index is 12.3. The predicted molar refractivity (Wildman–Crippen MR) is 85.2 cm³/mol. The Kier molecular flexibility index (Phi) is 4.07. The molecule has 0 spiro atoms. The average molecular weight is 312 g/mol. The molecule has 0 unspecified atom stereocenters. The van der Waals surface area contributed by atoms with Crippen LogP contribution in [0.4, 0.5) is 0 Å². The molecule has 22 heavy (non-hydrogen) atoms. The maximum Gasteiger partial charge on any atom is 0.280 e. The van der Waals surface area contributed by atoms with E-state index in [2.05, 4.69) is 16.5 Å². The van der Waals surface area contributed by atoms with E-state index < -0.39 is 0 Å². The van der Waals surface area contributed by atoms with E-state index >= 15 is 0 Å². The van der Waals surface area contributed by atoms with E-state index in [0.717, 1.165) is 10.4 Å². The van der Waals surface area contributed by atoms with Crippen LogP contribution < -0.4 is 5.32 Å². The van der Waals surface area contributed by atoms with Gasteiger partial charge in [-0.2, -0.15) is 5.26 Å². The van der Waals surface area contributed by atoms with Crippen LogP contribution in [-0.4, -0.2) is 34.9 Å². The van der Waals surface area contributed by atoms with Crippen molar-refractivity contribution in [2.45, 2.75) is 13.0 Å². The molecule has 1 aromatic carbocycles. The second-order valence-electron chi connectivity index (χ2n) is 5.46. The van der Waals surface area contributed by atoms with E-state index in [1.54, 1.807) is 11.1 Å². The summed E-state index contributed by atoms with van der Waals surface area (Å²) in [6, 6.07) is 9.88. The number of nitrogens with one attached hydrogen (secondary N) is 1. The fraction of sp³-hybridized carbons (Fsp3) is 0.312. The zero-order chi connectivity index (χ0) is 15.5. The average Bonchev–Trinajstić information content (AvgIpc) is 3.16. The first-order valence-corrected chi connectivity index (χ1v) is 7.96. The third-order valence-electron chi connectivity index (χ3n) is 3.83. The van der Waals surface area contributed by atoms with Gasteiger partial charge in [0.05, 0.1) is 10.9 Å². The van der Waals surface area contributed by atoms with Crippen molar-refractivity contribution in [3.63, 3.8) is 0 Å². The van der Waals surface area contributed by atoms with Crippen molar-refractivity contribution in [1.29, 1.82) is 5.26 Å². The lowest BCUT2D eigenvalue weighted by Crippen LogP contribution is -2.39. The molecule has 0 aliphatic carbocycles. The lowest BCUT2D eigenvalue weighted by atomic mass is 10.1. The number of aromatic nitrogens is 1. The summed E-state index contributed by atoms with van der Waals surface area (Å²) in [7, 11) is 0. The van der Waals surface area contributed by atoms with Gasteiger partial charge in [-0.1, -0.05) is 37.3 Å². The normalized spacial score (nSPS) is 20.6. The monoisotopic (exact) mass is 312 g/mol. The molecule has 112 valence electrons. The van der Waals surface area contributed by atoms with Crippen molar-refractivity contribution >= 4 is 17.2 Å². The molecule has 1 saturated heterocycles. The number of carbonyl (C=O) groups is 1. The molecular weight excluding hydrogens is 296 g/mol. The summed E-state index contributed by atoms with van der Waals surface area (Å²) in [6.45, 7) is 3.30. The number of amides is 1. The number of hydrogen-bond donors (Lipinski definition) is 1. The molecule has 1 amide bonds. The van der Waals surface area contributed by atoms with Gasteiger partial charge < -0.3 is 10.2 Å². The summed E-state index contributed by atoms with van der Waals surface area (Å²) in [5.74, 6) is 0.0981. The SMILES string of the molecule is C[C@H]1CN(C#N)C[C@@H]1NC(=O)c1ncc(-c2ccccc2)s1. The van der Waals surface area contributed by atoms with Gasteiger partial charge in [-0.15, -0.1) is 11.3 Å². The molecule has 1 N–H and O–H groups in total. The number of rotatable bonds is 3. The Bertz CT molecular complexity index is 706. The van der Waals surface area contributed by atoms with Gasteiger partial charge in [0.25, 0.3) is 5.91 Å². The van der Waals surface area contributed by atoms with E-state index in [9.17, 15) is 4.79 Å². The van der Waals surface area contributed by atoms with E-state index in [1.165, 1.54) is 11.3 Å². The van der Waals surface area contributed by atoms with Crippen LogP contribution in [0.15, 0.2) is 36.5 Å². The van der Waals surface area contributed by atoms with Gasteiger partial charge in [-0.3, -0.25) is 4.79 Å².